The highest BCUT2D eigenvalue weighted by Gasteiger charge is 2.33. The summed E-state index contributed by atoms with van der Waals surface area (Å²) in [5.41, 5.74) is 0.622. The first kappa shape index (κ1) is 32.1. The molecule has 0 heterocycles. The zero-order valence-electron chi connectivity index (χ0n) is 21.5. The third kappa shape index (κ3) is 8.54. The van der Waals surface area contributed by atoms with Gasteiger partial charge in [-0.25, -0.2) is 8.42 Å². The lowest BCUT2D eigenvalue weighted by Gasteiger charge is -2.34. The van der Waals surface area contributed by atoms with E-state index < -0.39 is 28.5 Å². The van der Waals surface area contributed by atoms with Gasteiger partial charge in [0.25, 0.3) is 0 Å². The number of carbonyl (C=O) groups is 2. The first-order valence-electron chi connectivity index (χ1n) is 12.5. The summed E-state index contributed by atoms with van der Waals surface area (Å²) in [5, 5.41) is 3.93. The summed E-state index contributed by atoms with van der Waals surface area (Å²) >= 11 is 30.8. The van der Waals surface area contributed by atoms with Crippen molar-refractivity contribution in [2.75, 3.05) is 17.1 Å². The second kappa shape index (κ2) is 14.0. The molecule has 1 aliphatic carbocycles. The highest BCUT2D eigenvalue weighted by Crippen LogP contribution is 2.36. The molecule has 0 saturated heterocycles. The zero-order valence-corrected chi connectivity index (χ0v) is 26.1. The number of benzene rings is 2. The predicted octanol–water partition coefficient (Wildman–Crippen LogP) is 6.98. The molecular weight excluding hydrogens is 628 g/mol. The lowest BCUT2D eigenvalue weighted by Crippen LogP contribution is -2.54. The SMILES string of the molecule is CC[C@H](C(=O)NC1CCCCC1)N(Cc1ccc(Cl)c(Cl)c1)C(=O)CN(c1cc(Cl)c(Cl)cc1Cl)S(C)(=O)=O. The maximum Gasteiger partial charge on any atom is 0.244 e. The molecule has 0 aromatic heterocycles. The number of anilines is 1. The van der Waals surface area contributed by atoms with Crippen LogP contribution in [0.3, 0.4) is 0 Å². The molecule has 1 atom stereocenters. The minimum absolute atomic E-state index is 0.000686. The van der Waals surface area contributed by atoms with Crippen LogP contribution in [-0.4, -0.2) is 50.0 Å². The van der Waals surface area contributed by atoms with Crippen molar-refractivity contribution >= 4 is 85.5 Å². The van der Waals surface area contributed by atoms with Crippen LogP contribution in [0.5, 0.6) is 0 Å². The molecule has 0 aliphatic heterocycles. The fraction of sp³-hybridized carbons (Fsp3) is 0.462. The number of rotatable bonds is 10. The van der Waals surface area contributed by atoms with E-state index in [4.69, 9.17) is 58.0 Å². The molecule has 1 saturated carbocycles. The molecule has 7 nitrogen and oxygen atoms in total. The normalized spacial score (nSPS) is 15.1. The third-order valence-electron chi connectivity index (χ3n) is 6.61. The summed E-state index contributed by atoms with van der Waals surface area (Å²) in [6, 6.07) is 6.68. The van der Waals surface area contributed by atoms with Gasteiger partial charge in [-0.3, -0.25) is 13.9 Å². The molecule has 1 fully saturated rings. The van der Waals surface area contributed by atoms with E-state index in [1.807, 2.05) is 0 Å². The number of carbonyl (C=O) groups excluding carboxylic acids is 2. The summed E-state index contributed by atoms with van der Waals surface area (Å²) in [7, 11) is -4.00. The number of amides is 2. The standard InChI is InChI=1S/C26H30Cl5N3O4S/c1-3-23(26(36)32-17-7-5-4-6-8-17)33(14-16-9-10-18(27)19(28)11-16)25(35)15-34(39(2,37)38)24-13-21(30)20(29)12-22(24)31/h9-13,17,23H,3-8,14-15H2,1-2H3,(H,32,36)/t23-/m1/s1. The molecule has 39 heavy (non-hydrogen) atoms. The Morgan fingerprint density at radius 2 is 1.54 bits per heavy atom. The summed E-state index contributed by atoms with van der Waals surface area (Å²) in [5.74, 6) is -0.907. The van der Waals surface area contributed by atoms with Crippen molar-refractivity contribution in [3.63, 3.8) is 0 Å². The number of nitrogens with zero attached hydrogens (tertiary/aromatic N) is 2. The van der Waals surface area contributed by atoms with Crippen molar-refractivity contribution in [1.29, 1.82) is 0 Å². The fourth-order valence-electron chi connectivity index (χ4n) is 4.60. The maximum absolute atomic E-state index is 13.9. The van der Waals surface area contributed by atoms with Crippen LogP contribution in [-0.2, 0) is 26.2 Å². The van der Waals surface area contributed by atoms with Gasteiger partial charge in [-0.15, -0.1) is 0 Å². The third-order valence-corrected chi connectivity index (χ3v) is 9.50. The van der Waals surface area contributed by atoms with Crippen molar-refractivity contribution < 1.29 is 18.0 Å². The average molecular weight is 658 g/mol. The molecule has 0 radical (unpaired) electrons. The Morgan fingerprint density at radius 1 is 0.923 bits per heavy atom. The lowest BCUT2D eigenvalue weighted by atomic mass is 9.95. The van der Waals surface area contributed by atoms with Crippen molar-refractivity contribution in [3.05, 3.63) is 61.0 Å². The maximum atomic E-state index is 13.9. The molecule has 13 heteroatoms. The van der Waals surface area contributed by atoms with Crippen molar-refractivity contribution in [3.8, 4) is 0 Å². The highest BCUT2D eigenvalue weighted by atomic mass is 35.5. The van der Waals surface area contributed by atoms with Gasteiger partial charge in [0.05, 0.1) is 37.1 Å². The van der Waals surface area contributed by atoms with Gasteiger partial charge in [0.1, 0.15) is 12.6 Å². The summed E-state index contributed by atoms with van der Waals surface area (Å²) in [4.78, 5) is 28.7. The van der Waals surface area contributed by atoms with Crippen LogP contribution in [0.15, 0.2) is 30.3 Å². The van der Waals surface area contributed by atoms with Gasteiger partial charge in [0, 0.05) is 12.6 Å². The number of nitrogens with one attached hydrogen (secondary N) is 1. The van der Waals surface area contributed by atoms with E-state index in [9.17, 15) is 18.0 Å². The topological polar surface area (TPSA) is 86.8 Å². The van der Waals surface area contributed by atoms with Crippen LogP contribution in [0.2, 0.25) is 25.1 Å². The minimum Gasteiger partial charge on any atom is -0.352 e. The molecule has 0 spiro atoms. The second-order valence-corrected chi connectivity index (χ2v) is 13.5. The molecule has 3 rings (SSSR count). The zero-order chi connectivity index (χ0) is 28.9. The van der Waals surface area contributed by atoms with E-state index in [-0.39, 0.29) is 39.2 Å². The van der Waals surface area contributed by atoms with Gasteiger partial charge in [-0.05, 0) is 49.1 Å². The number of halogens is 5. The van der Waals surface area contributed by atoms with E-state index in [0.29, 0.717) is 22.0 Å². The number of sulfonamides is 1. The lowest BCUT2D eigenvalue weighted by molar-refractivity contribution is -0.140. The van der Waals surface area contributed by atoms with Crippen LogP contribution < -0.4 is 9.62 Å². The van der Waals surface area contributed by atoms with Crippen molar-refractivity contribution in [2.24, 2.45) is 0 Å². The second-order valence-electron chi connectivity index (χ2n) is 9.53. The Bertz CT molecular complexity index is 1320. The van der Waals surface area contributed by atoms with E-state index in [0.717, 1.165) is 42.7 Å². The molecule has 0 unspecified atom stereocenters. The Hall–Kier alpha value is -1.42. The first-order chi connectivity index (χ1) is 18.3. The largest absolute Gasteiger partial charge is 0.352 e. The first-order valence-corrected chi connectivity index (χ1v) is 16.2. The van der Waals surface area contributed by atoms with Gasteiger partial charge in [0.15, 0.2) is 0 Å². The summed E-state index contributed by atoms with van der Waals surface area (Å²) in [6.45, 7) is 1.18. The summed E-state index contributed by atoms with van der Waals surface area (Å²) in [6.07, 6.45) is 6.20. The van der Waals surface area contributed by atoms with Crippen LogP contribution in [0.1, 0.15) is 51.0 Å². The van der Waals surface area contributed by atoms with Crippen molar-refractivity contribution in [2.45, 2.75) is 64.1 Å². The van der Waals surface area contributed by atoms with E-state index in [2.05, 4.69) is 5.32 Å². The smallest absolute Gasteiger partial charge is 0.244 e. The van der Waals surface area contributed by atoms with Crippen LogP contribution in [0, 0.1) is 0 Å². The van der Waals surface area contributed by atoms with Crippen molar-refractivity contribution in [1.82, 2.24) is 10.2 Å². The monoisotopic (exact) mass is 655 g/mol. The Labute approximate surface area is 254 Å². The van der Waals surface area contributed by atoms with Crippen LogP contribution in [0.25, 0.3) is 0 Å². The summed E-state index contributed by atoms with van der Waals surface area (Å²) < 4.78 is 26.5. The predicted molar refractivity (Wildman–Crippen MR) is 160 cm³/mol. The van der Waals surface area contributed by atoms with Gasteiger partial charge in [0.2, 0.25) is 21.8 Å². The molecule has 214 valence electrons. The molecule has 1 N–H and O–H groups in total. The van der Waals surface area contributed by atoms with Gasteiger partial charge in [-0.1, -0.05) is 90.3 Å². The van der Waals surface area contributed by atoms with Crippen LogP contribution >= 0.6 is 58.0 Å². The van der Waals surface area contributed by atoms with Crippen LogP contribution in [0.4, 0.5) is 5.69 Å². The number of hydrogen-bond acceptors (Lipinski definition) is 4. The molecular formula is C26H30Cl5N3O4S. The molecule has 0 bridgehead atoms. The van der Waals surface area contributed by atoms with E-state index >= 15 is 0 Å². The Kier molecular flexibility index (Phi) is 11.5. The quantitative estimate of drug-likeness (QED) is 0.280. The average Bonchev–Trinajstić information content (AvgIpc) is 2.86. The highest BCUT2D eigenvalue weighted by molar-refractivity contribution is 7.92. The van der Waals surface area contributed by atoms with Gasteiger partial charge in [-0.2, -0.15) is 0 Å². The minimum atomic E-state index is -4.00. The van der Waals surface area contributed by atoms with Gasteiger partial charge >= 0.3 is 0 Å². The molecule has 2 amide bonds. The molecule has 1 aliphatic rings. The molecule has 2 aromatic carbocycles. The van der Waals surface area contributed by atoms with Gasteiger partial charge < -0.3 is 10.2 Å². The fourth-order valence-corrected chi connectivity index (χ4v) is 6.46. The molecule has 2 aromatic rings. The number of hydrogen-bond donors (Lipinski definition) is 1. The Balaban J connectivity index is 1.98. The van der Waals surface area contributed by atoms with E-state index in [1.165, 1.54) is 17.0 Å². The Morgan fingerprint density at radius 3 is 2.13 bits per heavy atom. The van der Waals surface area contributed by atoms with E-state index in [1.54, 1.807) is 25.1 Å².